The van der Waals surface area contributed by atoms with Crippen LogP contribution >= 0.6 is 0 Å². The molecular formula is C15H26N2O5. The molecule has 0 aromatic heterocycles. The smallest absolute Gasteiger partial charge is 0.331 e. The van der Waals surface area contributed by atoms with Crippen LogP contribution in [-0.2, 0) is 19.1 Å². The molecule has 7 heteroatoms. The molecule has 0 aliphatic carbocycles. The van der Waals surface area contributed by atoms with E-state index in [1.165, 1.54) is 7.11 Å². The third kappa shape index (κ3) is 7.10. The van der Waals surface area contributed by atoms with Gasteiger partial charge in [0.1, 0.15) is 6.61 Å². The lowest BCUT2D eigenvalue weighted by Crippen LogP contribution is -2.50. The zero-order valence-corrected chi connectivity index (χ0v) is 13.9. The minimum Gasteiger partial charge on any atom is -0.466 e. The van der Waals surface area contributed by atoms with E-state index in [1.54, 1.807) is 4.90 Å². The van der Waals surface area contributed by atoms with Crippen molar-refractivity contribution in [1.29, 1.82) is 0 Å². The molecule has 0 aliphatic rings. The van der Waals surface area contributed by atoms with E-state index in [4.69, 9.17) is 4.74 Å². The molecule has 1 N–H and O–H groups in total. The minimum atomic E-state index is -0.650. The molecule has 22 heavy (non-hydrogen) atoms. The topological polar surface area (TPSA) is 84.9 Å². The number of rotatable bonds is 8. The van der Waals surface area contributed by atoms with E-state index in [9.17, 15) is 14.4 Å². The summed E-state index contributed by atoms with van der Waals surface area (Å²) in [6.45, 7) is 8.70. The Morgan fingerprint density at radius 2 is 1.73 bits per heavy atom. The summed E-state index contributed by atoms with van der Waals surface area (Å²) in [6.07, 6.45) is 2.00. The zero-order chi connectivity index (χ0) is 17.1. The molecule has 0 aliphatic heterocycles. The van der Waals surface area contributed by atoms with Gasteiger partial charge < -0.3 is 19.7 Å². The van der Waals surface area contributed by atoms with Gasteiger partial charge in [0.05, 0.1) is 13.2 Å². The van der Waals surface area contributed by atoms with E-state index >= 15 is 0 Å². The summed E-state index contributed by atoms with van der Waals surface area (Å²) < 4.78 is 9.50. The molecule has 0 spiro atoms. The second-order valence-corrected chi connectivity index (χ2v) is 4.92. The monoisotopic (exact) mass is 314 g/mol. The molecule has 0 fully saturated rings. The predicted molar refractivity (Wildman–Crippen MR) is 82.2 cm³/mol. The highest BCUT2D eigenvalue weighted by Gasteiger charge is 2.26. The normalized spacial score (nSPS) is 12.1. The Balaban J connectivity index is 4.70. The van der Waals surface area contributed by atoms with Gasteiger partial charge in [-0.05, 0) is 19.8 Å². The molecule has 0 heterocycles. The number of ether oxygens (including phenoxy) is 2. The lowest BCUT2D eigenvalue weighted by atomic mass is 10.0. The van der Waals surface area contributed by atoms with Crippen LogP contribution in [0.1, 0.15) is 27.7 Å². The number of carbonyl (C=O) groups excluding carboxylic acids is 3. The summed E-state index contributed by atoms with van der Waals surface area (Å²) in [5.41, 5.74) is 0. The molecule has 0 rings (SSSR count). The van der Waals surface area contributed by atoms with Gasteiger partial charge in [0, 0.05) is 25.2 Å². The van der Waals surface area contributed by atoms with Crippen LogP contribution in [0.25, 0.3) is 0 Å². The fraction of sp³-hybridized carbons (Fsp3) is 0.667. The molecule has 0 bridgehead atoms. The largest absolute Gasteiger partial charge is 0.466 e. The van der Waals surface area contributed by atoms with Gasteiger partial charge in [-0.25, -0.2) is 14.4 Å². The summed E-state index contributed by atoms with van der Waals surface area (Å²) in [4.78, 5) is 36.1. The van der Waals surface area contributed by atoms with Crippen LogP contribution in [0.5, 0.6) is 0 Å². The number of carbonyl (C=O) groups is 3. The first-order chi connectivity index (χ1) is 10.4. The van der Waals surface area contributed by atoms with Gasteiger partial charge in [0.25, 0.3) is 0 Å². The Bertz CT molecular complexity index is 407. The maximum Gasteiger partial charge on any atom is 0.331 e. The molecule has 126 valence electrons. The van der Waals surface area contributed by atoms with E-state index in [0.29, 0.717) is 13.1 Å². The van der Waals surface area contributed by atoms with Crippen molar-refractivity contribution in [2.24, 2.45) is 5.92 Å². The van der Waals surface area contributed by atoms with Crippen LogP contribution < -0.4 is 5.32 Å². The van der Waals surface area contributed by atoms with Crippen molar-refractivity contribution in [3.63, 3.8) is 0 Å². The average molecular weight is 314 g/mol. The Morgan fingerprint density at radius 1 is 1.14 bits per heavy atom. The van der Waals surface area contributed by atoms with E-state index in [2.05, 4.69) is 10.1 Å². The summed E-state index contributed by atoms with van der Waals surface area (Å²) in [6, 6.07) is -0.433. The van der Waals surface area contributed by atoms with Crippen LogP contribution in [0.2, 0.25) is 0 Å². The van der Waals surface area contributed by atoms with Gasteiger partial charge in [0.2, 0.25) is 0 Å². The highest BCUT2D eigenvalue weighted by Crippen LogP contribution is 2.12. The first-order valence-electron chi connectivity index (χ1n) is 7.34. The molecular weight excluding hydrogens is 288 g/mol. The lowest BCUT2D eigenvalue weighted by Gasteiger charge is -2.33. The zero-order valence-electron chi connectivity index (χ0n) is 13.9. The van der Waals surface area contributed by atoms with Crippen molar-refractivity contribution in [3.05, 3.63) is 12.2 Å². The standard InChI is InChI=1S/C15H26N2O5/c1-6-16-15(20)17(7-2)12(11(3)4)10-22-14(19)9-8-13(18)21-5/h8-9,11-12H,6-7,10H2,1-5H3,(H,16,20)/b9-8+/t12-/m0/s1. The van der Waals surface area contributed by atoms with Crippen molar-refractivity contribution >= 4 is 18.0 Å². The van der Waals surface area contributed by atoms with Gasteiger partial charge in [-0.2, -0.15) is 0 Å². The fourth-order valence-corrected chi connectivity index (χ4v) is 1.84. The van der Waals surface area contributed by atoms with Crippen LogP contribution in [0.15, 0.2) is 12.2 Å². The van der Waals surface area contributed by atoms with Crippen LogP contribution in [-0.4, -0.2) is 55.7 Å². The Morgan fingerprint density at radius 3 is 2.18 bits per heavy atom. The SMILES string of the molecule is CCNC(=O)N(CC)[C@@H](COC(=O)/C=C/C(=O)OC)C(C)C. The fourth-order valence-electron chi connectivity index (χ4n) is 1.84. The molecule has 0 saturated carbocycles. The molecule has 2 amide bonds. The first kappa shape index (κ1) is 19.9. The number of nitrogens with zero attached hydrogens (tertiary/aromatic N) is 1. The maximum absolute atomic E-state index is 12.0. The van der Waals surface area contributed by atoms with E-state index < -0.39 is 11.9 Å². The molecule has 1 atom stereocenters. The van der Waals surface area contributed by atoms with Crippen molar-refractivity contribution in [1.82, 2.24) is 10.2 Å². The Hall–Kier alpha value is -2.05. The number of urea groups is 1. The molecule has 0 saturated heterocycles. The minimum absolute atomic E-state index is 0.0625. The van der Waals surface area contributed by atoms with Gasteiger partial charge in [-0.1, -0.05) is 13.8 Å². The average Bonchev–Trinajstić information content (AvgIpc) is 2.48. The first-order valence-corrected chi connectivity index (χ1v) is 7.34. The molecule has 0 unspecified atom stereocenters. The van der Waals surface area contributed by atoms with Gasteiger partial charge in [-0.3, -0.25) is 0 Å². The Kier molecular flexibility index (Phi) is 9.65. The van der Waals surface area contributed by atoms with Crippen LogP contribution in [0.4, 0.5) is 4.79 Å². The number of esters is 2. The van der Waals surface area contributed by atoms with Crippen LogP contribution in [0.3, 0.4) is 0 Å². The molecule has 0 aromatic carbocycles. The Labute approximate surface area is 131 Å². The third-order valence-electron chi connectivity index (χ3n) is 3.05. The number of hydrogen-bond acceptors (Lipinski definition) is 5. The van der Waals surface area contributed by atoms with Gasteiger partial charge in [0.15, 0.2) is 0 Å². The van der Waals surface area contributed by atoms with Crippen molar-refractivity contribution in [3.8, 4) is 0 Å². The van der Waals surface area contributed by atoms with Crippen molar-refractivity contribution < 1.29 is 23.9 Å². The van der Waals surface area contributed by atoms with Crippen molar-refractivity contribution in [2.75, 3.05) is 26.8 Å². The second kappa shape index (κ2) is 10.6. The molecule has 7 nitrogen and oxygen atoms in total. The predicted octanol–water partition coefficient (Wildman–Crippen LogP) is 1.33. The van der Waals surface area contributed by atoms with Crippen molar-refractivity contribution in [2.45, 2.75) is 33.7 Å². The molecule has 0 radical (unpaired) electrons. The van der Waals surface area contributed by atoms with Crippen LogP contribution in [0, 0.1) is 5.92 Å². The van der Waals surface area contributed by atoms with E-state index in [-0.39, 0.29) is 24.6 Å². The van der Waals surface area contributed by atoms with Gasteiger partial charge >= 0.3 is 18.0 Å². The van der Waals surface area contributed by atoms with E-state index in [1.807, 2.05) is 27.7 Å². The number of amides is 2. The number of nitrogens with one attached hydrogen (secondary N) is 1. The highest BCUT2D eigenvalue weighted by molar-refractivity contribution is 5.91. The number of methoxy groups -OCH3 is 1. The molecule has 0 aromatic rings. The number of likely N-dealkylation sites (N-methyl/N-ethyl adjacent to an activating group) is 1. The maximum atomic E-state index is 12.0. The summed E-state index contributed by atoms with van der Waals surface area (Å²) in [7, 11) is 1.22. The quantitative estimate of drug-likeness (QED) is 0.540. The number of hydrogen-bond donors (Lipinski definition) is 1. The summed E-state index contributed by atoms with van der Waals surface area (Å²) in [5.74, 6) is -1.17. The highest BCUT2D eigenvalue weighted by atomic mass is 16.5. The van der Waals surface area contributed by atoms with Gasteiger partial charge in [-0.15, -0.1) is 0 Å². The lowest BCUT2D eigenvalue weighted by molar-refractivity contribution is -0.140. The third-order valence-corrected chi connectivity index (χ3v) is 3.05. The van der Waals surface area contributed by atoms with E-state index in [0.717, 1.165) is 12.2 Å². The summed E-state index contributed by atoms with van der Waals surface area (Å²) >= 11 is 0. The second-order valence-electron chi connectivity index (χ2n) is 4.92. The summed E-state index contributed by atoms with van der Waals surface area (Å²) in [5, 5.41) is 2.74.